The summed E-state index contributed by atoms with van der Waals surface area (Å²) in [5, 5.41) is 22.5. The van der Waals surface area contributed by atoms with Gasteiger partial charge in [0.15, 0.2) is 6.20 Å². The first-order chi connectivity index (χ1) is 21.3. The Hall–Kier alpha value is -3.67. The van der Waals surface area contributed by atoms with Gasteiger partial charge in [-0.15, -0.1) is 0 Å². The van der Waals surface area contributed by atoms with Gasteiger partial charge in [-0.3, -0.25) is 9.59 Å². The number of benzene rings is 1. The number of amides is 2. The molecular weight excluding hydrogens is 589 g/mol. The van der Waals surface area contributed by atoms with Crippen LogP contribution in [-0.4, -0.2) is 71.6 Å². The average molecular weight is 633 g/mol. The predicted molar refractivity (Wildman–Crippen MR) is 161 cm³/mol. The summed E-state index contributed by atoms with van der Waals surface area (Å²) < 4.78 is 32.5. The van der Waals surface area contributed by atoms with E-state index in [1.807, 2.05) is 30.0 Å². The highest BCUT2D eigenvalue weighted by molar-refractivity contribution is 5.96. The lowest BCUT2D eigenvalue weighted by Crippen LogP contribution is -2.38. The van der Waals surface area contributed by atoms with Crippen molar-refractivity contribution in [3.05, 3.63) is 70.2 Å². The molecule has 2 N–H and O–H groups in total. The van der Waals surface area contributed by atoms with E-state index in [4.69, 9.17) is 9.90 Å². The summed E-state index contributed by atoms with van der Waals surface area (Å²) in [6.07, 6.45) is 4.09. The second kappa shape index (κ2) is 15.1. The van der Waals surface area contributed by atoms with Crippen LogP contribution in [0.5, 0.6) is 0 Å². The molecule has 2 amide bonds. The fraction of sp³-hybridized carbons (Fsp3) is 0.576. The maximum Gasteiger partial charge on any atom is 0.490 e. The van der Waals surface area contributed by atoms with Crippen LogP contribution in [0.1, 0.15) is 78.2 Å². The third-order valence-corrected chi connectivity index (χ3v) is 9.32. The summed E-state index contributed by atoms with van der Waals surface area (Å²) in [6, 6.07) is 12.1. The SMILES string of the molecule is Cc1cc[n+]([O-])c(C)c1C(=O)N1CC2CN(CCC(NC(=O)CC3CCCCC3)c3ccccc3)C[C@H]2C1.O=C(O)C(F)(F)F. The number of hydrogen-bond acceptors (Lipinski definition) is 5. The molecule has 3 fully saturated rings. The van der Waals surface area contributed by atoms with Crippen molar-refractivity contribution in [2.75, 3.05) is 32.7 Å². The molecule has 3 aliphatic rings. The molecule has 1 aliphatic carbocycles. The van der Waals surface area contributed by atoms with Crippen molar-refractivity contribution < 1.29 is 37.4 Å². The first-order valence-corrected chi connectivity index (χ1v) is 15.7. The van der Waals surface area contributed by atoms with Gasteiger partial charge in [0.05, 0.1) is 6.04 Å². The Kier molecular flexibility index (Phi) is 11.5. The third kappa shape index (κ3) is 9.18. The molecule has 45 heavy (non-hydrogen) atoms. The molecule has 9 nitrogen and oxygen atoms in total. The fourth-order valence-corrected chi connectivity index (χ4v) is 6.92. The number of likely N-dealkylation sites (tertiary alicyclic amines) is 2. The number of aromatic nitrogens is 1. The summed E-state index contributed by atoms with van der Waals surface area (Å²) >= 11 is 0. The van der Waals surface area contributed by atoms with Crippen LogP contribution in [-0.2, 0) is 9.59 Å². The number of rotatable bonds is 8. The van der Waals surface area contributed by atoms with Crippen molar-refractivity contribution in [1.29, 1.82) is 0 Å². The number of aliphatic carboxylic acids is 1. The number of alkyl halides is 3. The Labute approximate surface area is 262 Å². The quantitative estimate of drug-likeness (QED) is 0.319. The monoisotopic (exact) mass is 632 g/mol. The first kappa shape index (κ1) is 34.2. The van der Waals surface area contributed by atoms with E-state index < -0.39 is 12.1 Å². The van der Waals surface area contributed by atoms with Crippen molar-refractivity contribution in [2.45, 2.75) is 71.0 Å². The van der Waals surface area contributed by atoms with E-state index in [2.05, 4.69) is 22.3 Å². The third-order valence-electron chi connectivity index (χ3n) is 9.32. The molecule has 3 atom stereocenters. The van der Waals surface area contributed by atoms with Crippen molar-refractivity contribution in [1.82, 2.24) is 15.1 Å². The molecule has 12 heteroatoms. The van der Waals surface area contributed by atoms with E-state index in [-0.39, 0.29) is 17.9 Å². The number of nitrogens with zero attached hydrogens (tertiary/aromatic N) is 3. The fourth-order valence-electron chi connectivity index (χ4n) is 6.92. The van der Waals surface area contributed by atoms with Crippen LogP contribution in [0.15, 0.2) is 42.6 Å². The molecule has 0 spiro atoms. The van der Waals surface area contributed by atoms with Gasteiger partial charge in [-0.1, -0.05) is 49.6 Å². The van der Waals surface area contributed by atoms with Crippen molar-refractivity contribution >= 4 is 17.8 Å². The molecular formula is C33H43F3N4O5. The Morgan fingerprint density at radius 2 is 1.60 bits per heavy atom. The van der Waals surface area contributed by atoms with Gasteiger partial charge in [-0.05, 0) is 55.1 Å². The second-order valence-electron chi connectivity index (χ2n) is 12.6. The van der Waals surface area contributed by atoms with E-state index in [0.29, 0.717) is 35.4 Å². The topological polar surface area (TPSA) is 117 Å². The zero-order chi connectivity index (χ0) is 32.7. The Morgan fingerprint density at radius 3 is 2.18 bits per heavy atom. The van der Waals surface area contributed by atoms with Gasteiger partial charge in [0.1, 0.15) is 5.56 Å². The minimum atomic E-state index is -5.08. The second-order valence-corrected chi connectivity index (χ2v) is 12.6. The van der Waals surface area contributed by atoms with Gasteiger partial charge in [0, 0.05) is 52.1 Å². The molecule has 5 rings (SSSR count). The molecule has 1 saturated carbocycles. The van der Waals surface area contributed by atoms with Crippen LogP contribution in [0.25, 0.3) is 0 Å². The number of carbonyl (C=O) groups excluding carboxylic acids is 2. The number of carboxylic acid groups (broad SMARTS) is 1. The van der Waals surface area contributed by atoms with E-state index in [0.717, 1.165) is 49.4 Å². The van der Waals surface area contributed by atoms with Gasteiger partial charge in [-0.2, -0.15) is 17.9 Å². The van der Waals surface area contributed by atoms with Crippen LogP contribution in [0.2, 0.25) is 0 Å². The van der Waals surface area contributed by atoms with Gasteiger partial charge in [0.25, 0.3) is 5.91 Å². The summed E-state index contributed by atoms with van der Waals surface area (Å²) in [4.78, 5) is 39.6. The Bertz CT molecular complexity index is 1320. The number of hydrogen-bond donors (Lipinski definition) is 2. The molecule has 2 aromatic rings. The minimum absolute atomic E-state index is 0.0176. The summed E-state index contributed by atoms with van der Waals surface area (Å²) in [5.41, 5.74) is 3.06. The highest BCUT2D eigenvalue weighted by Gasteiger charge is 2.42. The number of aryl methyl sites for hydroxylation is 1. The molecule has 246 valence electrons. The summed E-state index contributed by atoms with van der Waals surface area (Å²) in [7, 11) is 0. The molecule has 2 aliphatic heterocycles. The van der Waals surface area contributed by atoms with E-state index in [9.17, 15) is 28.0 Å². The number of halogens is 3. The van der Waals surface area contributed by atoms with Gasteiger partial charge in [-0.25, -0.2) is 4.79 Å². The lowest BCUT2D eigenvalue weighted by Gasteiger charge is -2.26. The molecule has 0 bridgehead atoms. The average Bonchev–Trinajstić information content (AvgIpc) is 3.57. The maximum absolute atomic E-state index is 13.3. The normalized spacial score (nSPS) is 21.0. The van der Waals surface area contributed by atoms with E-state index in [1.165, 1.54) is 43.9 Å². The highest BCUT2D eigenvalue weighted by Crippen LogP contribution is 2.33. The van der Waals surface area contributed by atoms with E-state index in [1.54, 1.807) is 13.0 Å². The van der Waals surface area contributed by atoms with Gasteiger partial charge in [0.2, 0.25) is 11.6 Å². The van der Waals surface area contributed by atoms with Crippen LogP contribution < -0.4 is 10.0 Å². The van der Waals surface area contributed by atoms with Crippen molar-refractivity contribution in [2.24, 2.45) is 17.8 Å². The molecule has 1 aromatic carbocycles. The molecule has 2 unspecified atom stereocenters. The number of fused-ring (bicyclic) bond motifs is 1. The maximum atomic E-state index is 13.3. The van der Waals surface area contributed by atoms with Crippen molar-refractivity contribution in [3.63, 3.8) is 0 Å². The van der Waals surface area contributed by atoms with Gasteiger partial charge < -0.3 is 25.4 Å². The van der Waals surface area contributed by atoms with Gasteiger partial charge >= 0.3 is 12.1 Å². The molecule has 0 radical (unpaired) electrons. The Morgan fingerprint density at radius 1 is 1.00 bits per heavy atom. The highest BCUT2D eigenvalue weighted by atomic mass is 19.4. The van der Waals surface area contributed by atoms with Crippen LogP contribution in [0, 0.1) is 36.8 Å². The van der Waals surface area contributed by atoms with Crippen molar-refractivity contribution in [3.8, 4) is 0 Å². The zero-order valence-electron chi connectivity index (χ0n) is 25.9. The minimum Gasteiger partial charge on any atom is -0.618 e. The molecule has 1 aromatic heterocycles. The molecule has 3 heterocycles. The smallest absolute Gasteiger partial charge is 0.490 e. The zero-order valence-corrected chi connectivity index (χ0v) is 25.9. The number of carbonyl (C=O) groups is 3. The van der Waals surface area contributed by atoms with E-state index >= 15 is 0 Å². The van der Waals surface area contributed by atoms with Crippen LogP contribution in [0.4, 0.5) is 13.2 Å². The standard InChI is InChI=1S/C31H42N4O3.C2HF3O2/c1-22-13-16-35(38)23(2)30(22)31(37)34-20-26-18-33(19-27(26)21-34)15-14-28(25-11-7-4-8-12-25)32-29(36)17-24-9-5-3-6-10-24;3-2(4,5)1(6)7/h4,7-8,11-13,16,24,26-28H,3,5-6,9-10,14-15,17-21H2,1-2H3,(H,32,36);(H,6,7)/t26-,27?,28?;/m0./s1. The van der Waals surface area contributed by atoms with Crippen LogP contribution in [0.3, 0.4) is 0 Å². The number of carboxylic acids is 1. The lowest BCUT2D eigenvalue weighted by atomic mass is 9.86. The summed E-state index contributed by atoms with van der Waals surface area (Å²) in [6.45, 7) is 7.98. The lowest BCUT2D eigenvalue weighted by molar-refractivity contribution is -0.612. The first-order valence-electron chi connectivity index (χ1n) is 15.7. The summed E-state index contributed by atoms with van der Waals surface area (Å²) in [5.74, 6) is -1.14. The number of pyridine rings is 1. The van der Waals surface area contributed by atoms with Crippen LogP contribution >= 0.6 is 0 Å². The molecule has 2 saturated heterocycles. The largest absolute Gasteiger partial charge is 0.618 e. The predicted octanol–water partition coefficient (Wildman–Crippen LogP) is 4.79. The number of nitrogens with one attached hydrogen (secondary N) is 1. The Balaban J connectivity index is 0.000000591.